The molecule has 0 saturated carbocycles. The maximum atomic E-state index is 14.2. The van der Waals surface area contributed by atoms with Gasteiger partial charge in [0.15, 0.2) is 0 Å². The van der Waals surface area contributed by atoms with E-state index in [0.717, 1.165) is 19.2 Å². The molecule has 160 valence electrons. The molecule has 8 nitrogen and oxygen atoms in total. The number of benzene rings is 1. The molecule has 0 bridgehead atoms. The standard InChI is InChI=1S/C17H14F4N4O4S/c1-9(26)23-13-6-14-10(4-12(13)18)5-15(16(27)11(7-22)8-24(2)3)25(14)30(28,29)17(19,20)21/h4-6,8H,1-3H3,(H,23,26)/b11-8+. The SMILES string of the molecule is CC(=O)Nc1cc2c(cc1F)cc(C(=O)/C(C#N)=C/N(C)C)n2S(=O)(=O)C(F)(F)F. The monoisotopic (exact) mass is 446 g/mol. The Bertz CT molecular complexity index is 1220. The molecule has 1 heterocycles. The molecule has 0 aliphatic rings. The number of ketones is 1. The van der Waals surface area contributed by atoms with Crippen LogP contribution in [0, 0.1) is 17.1 Å². The first-order chi connectivity index (χ1) is 13.7. The van der Waals surface area contributed by atoms with Crippen LogP contribution in [0.25, 0.3) is 10.9 Å². The summed E-state index contributed by atoms with van der Waals surface area (Å²) in [5, 5.41) is 10.8. The summed E-state index contributed by atoms with van der Waals surface area (Å²) in [6.45, 7) is 1.01. The minimum Gasteiger partial charge on any atom is -0.382 e. The quantitative estimate of drug-likeness (QED) is 0.327. The zero-order chi connectivity index (χ0) is 23.0. The second-order valence-electron chi connectivity index (χ2n) is 6.26. The van der Waals surface area contributed by atoms with Crippen molar-refractivity contribution in [2.75, 3.05) is 19.4 Å². The van der Waals surface area contributed by atoms with Crippen molar-refractivity contribution in [3.8, 4) is 6.07 Å². The Kier molecular flexibility index (Phi) is 5.94. The van der Waals surface area contributed by atoms with Crippen LogP contribution in [0.5, 0.6) is 0 Å². The van der Waals surface area contributed by atoms with Crippen molar-refractivity contribution in [3.05, 3.63) is 41.5 Å². The van der Waals surface area contributed by atoms with Gasteiger partial charge in [0.25, 0.3) is 0 Å². The normalized spacial score (nSPS) is 12.5. The lowest BCUT2D eigenvalue weighted by molar-refractivity contribution is -0.114. The lowest BCUT2D eigenvalue weighted by Crippen LogP contribution is -2.32. The van der Waals surface area contributed by atoms with Crippen molar-refractivity contribution < 1.29 is 35.6 Å². The summed E-state index contributed by atoms with van der Waals surface area (Å²) < 4.78 is 78.2. The zero-order valence-electron chi connectivity index (χ0n) is 15.7. The average molecular weight is 446 g/mol. The number of alkyl halides is 3. The van der Waals surface area contributed by atoms with Crippen molar-refractivity contribution in [2.24, 2.45) is 0 Å². The first-order valence-electron chi connectivity index (χ1n) is 7.98. The Morgan fingerprint density at radius 3 is 2.30 bits per heavy atom. The summed E-state index contributed by atoms with van der Waals surface area (Å²) in [6, 6.07) is 3.55. The number of hydrogen-bond donors (Lipinski definition) is 1. The van der Waals surface area contributed by atoms with Gasteiger partial charge in [0.2, 0.25) is 11.7 Å². The van der Waals surface area contributed by atoms with Gasteiger partial charge in [-0.25, -0.2) is 8.36 Å². The van der Waals surface area contributed by atoms with Crippen LogP contribution >= 0.6 is 0 Å². The van der Waals surface area contributed by atoms with Gasteiger partial charge in [-0.1, -0.05) is 0 Å². The summed E-state index contributed by atoms with van der Waals surface area (Å²) in [4.78, 5) is 25.2. The number of rotatable bonds is 5. The van der Waals surface area contributed by atoms with E-state index in [-0.39, 0.29) is 9.36 Å². The van der Waals surface area contributed by atoms with Gasteiger partial charge in [-0.2, -0.15) is 26.9 Å². The molecule has 0 radical (unpaired) electrons. The van der Waals surface area contributed by atoms with Crippen LogP contribution in [-0.4, -0.2) is 48.6 Å². The molecule has 2 rings (SSSR count). The zero-order valence-corrected chi connectivity index (χ0v) is 16.5. The molecule has 1 aromatic carbocycles. The average Bonchev–Trinajstić information content (AvgIpc) is 2.96. The van der Waals surface area contributed by atoms with E-state index in [2.05, 4.69) is 0 Å². The van der Waals surface area contributed by atoms with E-state index in [9.17, 15) is 35.6 Å². The number of anilines is 1. The Balaban J connectivity index is 2.96. The van der Waals surface area contributed by atoms with Crippen LogP contribution in [0.2, 0.25) is 0 Å². The topological polar surface area (TPSA) is 112 Å². The Morgan fingerprint density at radius 1 is 1.23 bits per heavy atom. The third-order valence-corrected chi connectivity index (χ3v) is 5.13. The second-order valence-corrected chi connectivity index (χ2v) is 8.04. The molecule has 1 amide bonds. The molecular formula is C17H14F4N4O4S. The van der Waals surface area contributed by atoms with Crippen LogP contribution in [0.4, 0.5) is 23.2 Å². The highest BCUT2D eigenvalue weighted by Crippen LogP contribution is 2.34. The number of Topliss-reactive ketones (excluding diaryl/α,β-unsaturated/α-hetero) is 1. The summed E-state index contributed by atoms with van der Waals surface area (Å²) in [5.74, 6) is -3.15. The lowest BCUT2D eigenvalue weighted by atomic mass is 10.1. The fraction of sp³-hybridized carbons (Fsp3) is 0.235. The van der Waals surface area contributed by atoms with Crippen molar-refractivity contribution >= 4 is 38.3 Å². The molecule has 0 saturated heterocycles. The number of hydrogen-bond acceptors (Lipinski definition) is 6. The van der Waals surface area contributed by atoms with Gasteiger partial charge in [-0.05, 0) is 18.2 Å². The van der Waals surface area contributed by atoms with Crippen LogP contribution in [0.1, 0.15) is 17.4 Å². The van der Waals surface area contributed by atoms with E-state index in [1.54, 1.807) is 0 Å². The molecule has 1 N–H and O–H groups in total. The fourth-order valence-electron chi connectivity index (χ4n) is 2.54. The summed E-state index contributed by atoms with van der Waals surface area (Å²) in [7, 11) is -3.29. The molecule has 13 heteroatoms. The first-order valence-corrected chi connectivity index (χ1v) is 9.42. The molecule has 0 aliphatic carbocycles. The van der Waals surface area contributed by atoms with E-state index in [1.807, 2.05) is 5.32 Å². The lowest BCUT2D eigenvalue weighted by Gasteiger charge is -2.14. The van der Waals surface area contributed by atoms with Crippen LogP contribution in [-0.2, 0) is 14.8 Å². The van der Waals surface area contributed by atoms with Gasteiger partial charge in [0, 0.05) is 32.6 Å². The number of halogens is 4. The first kappa shape index (κ1) is 22.9. The molecule has 0 unspecified atom stereocenters. The van der Waals surface area contributed by atoms with Gasteiger partial charge in [-0.3, -0.25) is 9.59 Å². The third-order valence-electron chi connectivity index (χ3n) is 3.67. The summed E-state index contributed by atoms with van der Waals surface area (Å²) >= 11 is 0. The van der Waals surface area contributed by atoms with Crippen molar-refractivity contribution in [3.63, 3.8) is 0 Å². The Morgan fingerprint density at radius 2 is 1.83 bits per heavy atom. The van der Waals surface area contributed by atoms with E-state index in [4.69, 9.17) is 5.26 Å². The Labute approximate surface area is 168 Å². The highest BCUT2D eigenvalue weighted by Gasteiger charge is 2.49. The van der Waals surface area contributed by atoms with Crippen LogP contribution in [0.3, 0.4) is 0 Å². The fourth-order valence-corrected chi connectivity index (χ4v) is 3.56. The minimum absolute atomic E-state index is 0.309. The van der Waals surface area contributed by atoms with Gasteiger partial charge in [0.05, 0.1) is 11.2 Å². The molecule has 30 heavy (non-hydrogen) atoms. The molecule has 1 aromatic heterocycles. The summed E-state index contributed by atoms with van der Waals surface area (Å²) in [6.07, 6.45) is 0.994. The number of nitrogens with one attached hydrogen (secondary N) is 1. The van der Waals surface area contributed by atoms with Crippen molar-refractivity contribution in [1.29, 1.82) is 5.26 Å². The smallest absolute Gasteiger partial charge is 0.382 e. The summed E-state index contributed by atoms with van der Waals surface area (Å²) in [5.41, 5.74) is -8.77. The number of fused-ring (bicyclic) bond motifs is 1. The molecule has 0 aliphatic heterocycles. The van der Waals surface area contributed by atoms with Gasteiger partial charge < -0.3 is 10.2 Å². The highest BCUT2D eigenvalue weighted by molar-refractivity contribution is 7.91. The third kappa shape index (κ3) is 4.13. The molecule has 0 atom stereocenters. The number of aromatic nitrogens is 1. The van der Waals surface area contributed by atoms with E-state index in [0.29, 0.717) is 12.1 Å². The molecule has 0 spiro atoms. The van der Waals surface area contributed by atoms with Gasteiger partial charge >= 0.3 is 15.5 Å². The largest absolute Gasteiger partial charge is 0.517 e. The Hall–Kier alpha value is -3.40. The van der Waals surface area contributed by atoms with E-state index >= 15 is 0 Å². The molecule has 0 fully saturated rings. The number of carbonyl (C=O) groups excluding carboxylic acids is 2. The molecule has 2 aromatic rings. The maximum Gasteiger partial charge on any atom is 0.517 e. The number of nitrogens with zero attached hydrogens (tertiary/aromatic N) is 3. The minimum atomic E-state index is -6.15. The van der Waals surface area contributed by atoms with Crippen LogP contribution in [0.15, 0.2) is 30.0 Å². The highest BCUT2D eigenvalue weighted by atomic mass is 32.2. The number of amides is 1. The van der Waals surface area contributed by atoms with Gasteiger partial charge in [0.1, 0.15) is 23.2 Å². The number of nitriles is 1. The number of carbonyl (C=O) groups is 2. The van der Waals surface area contributed by atoms with Crippen molar-refractivity contribution in [2.45, 2.75) is 12.4 Å². The van der Waals surface area contributed by atoms with E-state index < -0.39 is 55.5 Å². The predicted octanol–water partition coefficient (Wildman–Crippen LogP) is 2.59. The second kappa shape index (κ2) is 7.79. The van der Waals surface area contributed by atoms with Gasteiger partial charge in [-0.15, -0.1) is 0 Å². The number of allylic oxidation sites excluding steroid dienone is 1. The molecular weight excluding hydrogens is 432 g/mol. The van der Waals surface area contributed by atoms with Crippen LogP contribution < -0.4 is 5.32 Å². The van der Waals surface area contributed by atoms with E-state index in [1.165, 1.54) is 25.1 Å². The predicted molar refractivity (Wildman–Crippen MR) is 98.3 cm³/mol. The maximum absolute atomic E-state index is 14.2. The van der Waals surface area contributed by atoms with Crippen molar-refractivity contribution in [1.82, 2.24) is 8.87 Å².